The van der Waals surface area contributed by atoms with Gasteiger partial charge in [-0.05, 0) is 30.2 Å². The first-order valence-electron chi connectivity index (χ1n) is 6.29. The fraction of sp³-hybridized carbons (Fsp3) is 0.200. The number of benzene rings is 1. The van der Waals surface area contributed by atoms with Crippen molar-refractivity contribution in [3.63, 3.8) is 0 Å². The molecule has 2 heterocycles. The highest BCUT2D eigenvalue weighted by molar-refractivity contribution is 5.98. The quantitative estimate of drug-likeness (QED) is 0.858. The number of carbonyl (C=O) groups excluding carboxylic acids is 1. The lowest BCUT2D eigenvalue weighted by molar-refractivity contribution is -0.120. The molecule has 0 spiro atoms. The van der Waals surface area contributed by atoms with Crippen LogP contribution >= 0.6 is 0 Å². The lowest BCUT2D eigenvalue weighted by Gasteiger charge is -2.26. The Hall–Kier alpha value is -2.56. The molecule has 0 saturated heterocycles. The number of nitrogens with zero attached hydrogens (tertiary/aromatic N) is 1. The van der Waals surface area contributed by atoms with Crippen molar-refractivity contribution in [2.45, 2.75) is 6.92 Å². The topological polar surface area (TPSA) is 62.4 Å². The summed E-state index contributed by atoms with van der Waals surface area (Å²) in [6.07, 6.45) is 1.69. The van der Waals surface area contributed by atoms with Crippen molar-refractivity contribution < 1.29 is 9.53 Å². The number of hydrogen-bond acceptors (Lipinski definition) is 3. The predicted molar refractivity (Wildman–Crippen MR) is 76.1 cm³/mol. The minimum atomic E-state index is -0.125. The van der Waals surface area contributed by atoms with Crippen molar-refractivity contribution in [1.29, 1.82) is 0 Å². The van der Waals surface area contributed by atoms with Gasteiger partial charge in [0.15, 0.2) is 6.61 Å². The molecular formula is C15H14N2O3. The number of aromatic amines is 1. The van der Waals surface area contributed by atoms with Crippen LogP contribution in [0.2, 0.25) is 0 Å². The largest absolute Gasteiger partial charge is 0.482 e. The van der Waals surface area contributed by atoms with Crippen molar-refractivity contribution >= 4 is 11.6 Å². The summed E-state index contributed by atoms with van der Waals surface area (Å²) >= 11 is 0. The molecule has 0 unspecified atom stereocenters. The molecule has 0 saturated carbocycles. The Morgan fingerprint density at radius 2 is 2.05 bits per heavy atom. The molecule has 2 aromatic rings. The molecule has 20 heavy (non-hydrogen) atoms. The van der Waals surface area contributed by atoms with Crippen LogP contribution in [0.3, 0.4) is 0 Å². The SMILES string of the molecule is Cc1cc(=O)[nH]cc1-c1ccc2c(c1)N(C)C(=O)CO2. The summed E-state index contributed by atoms with van der Waals surface area (Å²) < 4.78 is 5.40. The van der Waals surface area contributed by atoms with Gasteiger partial charge in [-0.2, -0.15) is 0 Å². The number of likely N-dealkylation sites (N-methyl/N-ethyl adjacent to an activating group) is 1. The number of H-pyrrole nitrogens is 1. The Labute approximate surface area is 115 Å². The average molecular weight is 270 g/mol. The highest BCUT2D eigenvalue weighted by Gasteiger charge is 2.22. The van der Waals surface area contributed by atoms with Gasteiger partial charge in [-0.25, -0.2) is 0 Å². The zero-order valence-electron chi connectivity index (χ0n) is 11.3. The molecule has 1 aliphatic rings. The van der Waals surface area contributed by atoms with Gasteiger partial charge in [0.25, 0.3) is 5.91 Å². The molecule has 1 aliphatic heterocycles. The molecule has 5 heteroatoms. The molecule has 1 aromatic heterocycles. The molecule has 3 rings (SSSR count). The Balaban J connectivity index is 2.12. The number of ether oxygens (including phenoxy) is 1. The van der Waals surface area contributed by atoms with Crippen LogP contribution in [0.5, 0.6) is 5.75 Å². The first kappa shape index (κ1) is 12.5. The molecule has 0 radical (unpaired) electrons. The maximum Gasteiger partial charge on any atom is 0.264 e. The fourth-order valence-electron chi connectivity index (χ4n) is 2.32. The van der Waals surface area contributed by atoms with Gasteiger partial charge in [-0.15, -0.1) is 0 Å². The molecule has 102 valence electrons. The number of anilines is 1. The minimum absolute atomic E-state index is 0.0700. The summed E-state index contributed by atoms with van der Waals surface area (Å²) in [6.45, 7) is 1.95. The van der Waals surface area contributed by atoms with Crippen LogP contribution in [-0.2, 0) is 4.79 Å². The van der Waals surface area contributed by atoms with Crippen molar-refractivity contribution in [3.05, 3.63) is 46.4 Å². The molecular weight excluding hydrogens is 256 g/mol. The number of aromatic nitrogens is 1. The molecule has 0 fully saturated rings. The lowest BCUT2D eigenvalue weighted by atomic mass is 10.0. The van der Waals surface area contributed by atoms with Crippen LogP contribution in [0.1, 0.15) is 5.56 Å². The Morgan fingerprint density at radius 3 is 2.80 bits per heavy atom. The first-order valence-corrected chi connectivity index (χ1v) is 6.29. The zero-order valence-corrected chi connectivity index (χ0v) is 11.3. The van der Waals surface area contributed by atoms with E-state index in [1.807, 2.05) is 25.1 Å². The van der Waals surface area contributed by atoms with Crippen LogP contribution in [-0.4, -0.2) is 24.5 Å². The molecule has 0 atom stereocenters. The van der Waals surface area contributed by atoms with Gasteiger partial charge in [0, 0.05) is 24.9 Å². The normalized spacial score (nSPS) is 13.9. The summed E-state index contributed by atoms with van der Waals surface area (Å²) in [5.74, 6) is 0.616. The van der Waals surface area contributed by atoms with Crippen LogP contribution < -0.4 is 15.2 Å². The summed E-state index contributed by atoms with van der Waals surface area (Å²) in [7, 11) is 1.73. The number of nitrogens with one attached hydrogen (secondary N) is 1. The summed E-state index contributed by atoms with van der Waals surface area (Å²) in [5, 5.41) is 0. The van der Waals surface area contributed by atoms with E-state index in [0.29, 0.717) is 5.75 Å². The molecule has 1 N–H and O–H groups in total. The van der Waals surface area contributed by atoms with Crippen molar-refractivity contribution in [2.75, 3.05) is 18.6 Å². The van der Waals surface area contributed by atoms with E-state index in [0.717, 1.165) is 22.4 Å². The number of amides is 1. The van der Waals surface area contributed by atoms with Crippen LogP contribution in [0.4, 0.5) is 5.69 Å². The number of hydrogen-bond donors (Lipinski definition) is 1. The average Bonchev–Trinajstić information content (AvgIpc) is 2.43. The minimum Gasteiger partial charge on any atom is -0.482 e. The Morgan fingerprint density at radius 1 is 1.25 bits per heavy atom. The van der Waals surface area contributed by atoms with E-state index < -0.39 is 0 Å². The maximum absolute atomic E-state index is 11.7. The van der Waals surface area contributed by atoms with Crippen LogP contribution in [0.15, 0.2) is 35.3 Å². The van der Waals surface area contributed by atoms with Gasteiger partial charge in [0.1, 0.15) is 5.75 Å². The number of rotatable bonds is 1. The molecule has 0 aliphatic carbocycles. The van der Waals surface area contributed by atoms with E-state index in [1.165, 1.54) is 0 Å². The van der Waals surface area contributed by atoms with Gasteiger partial charge in [0.2, 0.25) is 5.56 Å². The van der Waals surface area contributed by atoms with Gasteiger partial charge >= 0.3 is 0 Å². The third-order valence-corrected chi connectivity index (χ3v) is 3.49. The Bertz CT molecular complexity index is 749. The van der Waals surface area contributed by atoms with Gasteiger partial charge in [-0.3, -0.25) is 9.59 Å². The smallest absolute Gasteiger partial charge is 0.264 e. The van der Waals surface area contributed by atoms with E-state index in [2.05, 4.69) is 4.98 Å². The lowest BCUT2D eigenvalue weighted by Crippen LogP contribution is -2.35. The van der Waals surface area contributed by atoms with E-state index in [9.17, 15) is 9.59 Å². The molecule has 5 nitrogen and oxygen atoms in total. The molecule has 0 bridgehead atoms. The van der Waals surface area contributed by atoms with Gasteiger partial charge in [0.05, 0.1) is 5.69 Å². The third kappa shape index (κ3) is 1.97. The zero-order chi connectivity index (χ0) is 14.3. The van der Waals surface area contributed by atoms with Gasteiger partial charge < -0.3 is 14.6 Å². The highest BCUT2D eigenvalue weighted by Crippen LogP contribution is 2.35. The van der Waals surface area contributed by atoms with Crippen molar-refractivity contribution in [2.24, 2.45) is 0 Å². The Kier molecular flexibility index (Phi) is 2.82. The third-order valence-electron chi connectivity index (χ3n) is 3.49. The second-order valence-corrected chi connectivity index (χ2v) is 4.82. The van der Waals surface area contributed by atoms with Gasteiger partial charge in [-0.1, -0.05) is 6.07 Å². The second kappa shape index (κ2) is 4.52. The second-order valence-electron chi connectivity index (χ2n) is 4.82. The summed E-state index contributed by atoms with van der Waals surface area (Å²) in [6, 6.07) is 7.22. The van der Waals surface area contributed by atoms with Crippen molar-refractivity contribution in [3.8, 4) is 16.9 Å². The number of aryl methyl sites for hydroxylation is 1. The van der Waals surface area contributed by atoms with E-state index >= 15 is 0 Å². The standard InChI is InChI=1S/C15H14N2O3/c1-9-5-14(18)16-7-11(9)10-3-4-13-12(6-10)17(2)15(19)8-20-13/h3-7H,8H2,1-2H3,(H,16,18). The van der Waals surface area contributed by atoms with E-state index in [4.69, 9.17) is 4.74 Å². The first-order chi connectivity index (χ1) is 9.56. The molecule has 1 aromatic carbocycles. The number of fused-ring (bicyclic) bond motifs is 1. The maximum atomic E-state index is 11.7. The van der Waals surface area contributed by atoms with Crippen LogP contribution in [0.25, 0.3) is 11.1 Å². The monoisotopic (exact) mass is 270 g/mol. The van der Waals surface area contributed by atoms with Crippen molar-refractivity contribution in [1.82, 2.24) is 4.98 Å². The predicted octanol–water partition coefficient (Wildman–Crippen LogP) is 1.71. The summed E-state index contributed by atoms with van der Waals surface area (Å²) in [5.41, 5.74) is 3.37. The van der Waals surface area contributed by atoms with Crippen LogP contribution in [0, 0.1) is 6.92 Å². The fourth-order valence-corrected chi connectivity index (χ4v) is 2.32. The summed E-state index contributed by atoms with van der Waals surface area (Å²) in [4.78, 5) is 27.2. The highest BCUT2D eigenvalue weighted by atomic mass is 16.5. The number of carbonyl (C=O) groups is 1. The van der Waals surface area contributed by atoms with E-state index in [-0.39, 0.29) is 18.1 Å². The van der Waals surface area contributed by atoms with E-state index in [1.54, 1.807) is 24.2 Å². The number of pyridine rings is 1. The molecule has 1 amide bonds.